The fourth-order valence-electron chi connectivity index (χ4n) is 5.80. The summed E-state index contributed by atoms with van der Waals surface area (Å²) in [5.74, 6) is -1.46. The van der Waals surface area contributed by atoms with E-state index in [-0.39, 0.29) is 36.4 Å². The molecule has 0 unspecified atom stereocenters. The lowest BCUT2D eigenvalue weighted by Crippen LogP contribution is -2.46. The van der Waals surface area contributed by atoms with Crippen molar-refractivity contribution in [2.75, 3.05) is 13.7 Å². The maximum Gasteiger partial charge on any atom is 0.455 e. The molecular weight excluding hydrogens is 421 g/mol. The van der Waals surface area contributed by atoms with Gasteiger partial charge in [0.05, 0.1) is 24.5 Å². The van der Waals surface area contributed by atoms with Crippen molar-refractivity contribution in [2.45, 2.75) is 51.5 Å². The Labute approximate surface area is 194 Å². The highest BCUT2D eigenvalue weighted by molar-refractivity contribution is 6.43. The number of amides is 2. The Kier molecular flexibility index (Phi) is 7.07. The van der Waals surface area contributed by atoms with Crippen LogP contribution in [0.1, 0.15) is 44.6 Å². The number of benzene rings is 1. The number of likely N-dealkylation sites (tertiary alicyclic amines) is 1. The minimum absolute atomic E-state index is 0.189. The number of rotatable bonds is 7. The first-order chi connectivity index (χ1) is 15.8. The number of imide groups is 1. The molecule has 2 saturated heterocycles. The van der Waals surface area contributed by atoms with E-state index in [2.05, 4.69) is 6.92 Å². The van der Waals surface area contributed by atoms with Gasteiger partial charge in [-0.15, -0.1) is 0 Å². The first kappa shape index (κ1) is 23.7. The second-order valence-electron chi connectivity index (χ2n) is 9.36. The zero-order valence-corrected chi connectivity index (χ0v) is 19.2. The van der Waals surface area contributed by atoms with Crippen LogP contribution in [0.2, 0.25) is 6.32 Å². The van der Waals surface area contributed by atoms with Crippen LogP contribution in [0.5, 0.6) is 5.75 Å². The highest BCUT2D eigenvalue weighted by atomic mass is 16.5. The first-order valence-electron chi connectivity index (χ1n) is 11.8. The zero-order valence-electron chi connectivity index (χ0n) is 19.2. The maximum absolute atomic E-state index is 12.9. The number of aliphatic hydroxyl groups is 1. The van der Waals surface area contributed by atoms with Gasteiger partial charge in [-0.2, -0.15) is 0 Å². The Hall–Kier alpha value is -2.42. The molecule has 0 spiro atoms. The molecule has 3 N–H and O–H groups in total. The van der Waals surface area contributed by atoms with Crippen LogP contribution in [0.25, 0.3) is 6.08 Å². The second-order valence-corrected chi connectivity index (χ2v) is 9.36. The number of phenols is 1. The monoisotopic (exact) mass is 453 g/mol. The number of nitrogens with zero attached hydrogens (tertiary/aromatic N) is 1. The fraction of sp³-hybridized carbons (Fsp3) is 0.520. The van der Waals surface area contributed by atoms with Crippen LogP contribution in [0.3, 0.4) is 0 Å². The van der Waals surface area contributed by atoms with Crippen molar-refractivity contribution < 1.29 is 29.5 Å². The molecule has 0 radical (unpaired) electrons. The van der Waals surface area contributed by atoms with E-state index in [4.69, 9.17) is 4.65 Å². The second kappa shape index (κ2) is 9.83. The molecule has 1 aliphatic carbocycles. The highest BCUT2D eigenvalue weighted by Crippen LogP contribution is 2.50. The lowest BCUT2D eigenvalue weighted by Gasteiger charge is -2.43. The van der Waals surface area contributed by atoms with Crippen molar-refractivity contribution in [2.24, 2.45) is 17.8 Å². The van der Waals surface area contributed by atoms with Gasteiger partial charge in [-0.1, -0.05) is 43.2 Å². The topological polar surface area (TPSA) is 107 Å². The number of para-hydroxylation sites is 1. The number of hydrogen-bond acceptors (Lipinski definition) is 6. The summed E-state index contributed by atoms with van der Waals surface area (Å²) < 4.78 is 5.93. The molecule has 4 atom stereocenters. The molecule has 33 heavy (non-hydrogen) atoms. The van der Waals surface area contributed by atoms with Crippen molar-refractivity contribution in [3.8, 4) is 5.75 Å². The molecule has 3 aliphatic rings. The van der Waals surface area contributed by atoms with Gasteiger partial charge in [-0.05, 0) is 55.1 Å². The molecule has 8 heteroatoms. The van der Waals surface area contributed by atoms with Crippen molar-refractivity contribution in [3.63, 3.8) is 0 Å². The highest BCUT2D eigenvalue weighted by Gasteiger charge is 2.56. The van der Waals surface area contributed by atoms with Crippen LogP contribution >= 0.6 is 0 Å². The van der Waals surface area contributed by atoms with Gasteiger partial charge in [0, 0.05) is 12.6 Å². The van der Waals surface area contributed by atoms with Crippen LogP contribution in [0, 0.1) is 17.8 Å². The largest absolute Gasteiger partial charge is 0.507 e. The van der Waals surface area contributed by atoms with Gasteiger partial charge < -0.3 is 19.9 Å². The number of carbonyl (C=O) groups excluding carboxylic acids is 2. The van der Waals surface area contributed by atoms with Gasteiger partial charge in [0.15, 0.2) is 0 Å². The van der Waals surface area contributed by atoms with Gasteiger partial charge in [-0.3, -0.25) is 14.5 Å². The lowest BCUT2D eigenvalue weighted by molar-refractivity contribution is -0.138. The molecule has 176 valence electrons. The van der Waals surface area contributed by atoms with E-state index in [1.807, 2.05) is 18.2 Å². The van der Waals surface area contributed by atoms with Gasteiger partial charge in [0.1, 0.15) is 5.75 Å². The number of carbonyl (C=O) groups is 2. The average molecular weight is 453 g/mol. The summed E-state index contributed by atoms with van der Waals surface area (Å²) in [5.41, 5.74) is 3.57. The number of hydrogen-bond donors (Lipinski definition) is 3. The quantitative estimate of drug-likeness (QED) is 0.333. The summed E-state index contributed by atoms with van der Waals surface area (Å²) in [6, 6.07) is 7.20. The zero-order chi connectivity index (χ0) is 23.7. The standard InChI is InChI=1S/C25H32BNO6/c1-3-6-15(11-16-7-4-5-8-20(16)29)9-10-21-22-17(14-28)12-18-23(19(22)13-26(32)33-21)25(31)27(2)24(18)30/h4-5,7-8,11,18-19,21,23,28-29,32H,3,6,9-10,12-14H2,1-2H3/b15-11+/t18-,19+,21-,23-/m1/s1. The molecule has 0 saturated carbocycles. The first-order valence-corrected chi connectivity index (χ1v) is 11.8. The minimum atomic E-state index is -1.02. The molecule has 0 aromatic heterocycles. The summed E-state index contributed by atoms with van der Waals surface area (Å²) >= 11 is 0. The minimum Gasteiger partial charge on any atom is -0.507 e. The Bertz CT molecular complexity index is 989. The van der Waals surface area contributed by atoms with E-state index in [1.54, 1.807) is 12.1 Å². The van der Waals surface area contributed by atoms with E-state index < -0.39 is 25.1 Å². The van der Waals surface area contributed by atoms with E-state index in [1.165, 1.54) is 11.9 Å². The number of phenolic OH excluding ortho intramolecular Hbond substituents is 1. The van der Waals surface area contributed by atoms with Crippen LogP contribution in [-0.2, 0) is 14.2 Å². The Balaban J connectivity index is 1.61. The summed E-state index contributed by atoms with van der Waals surface area (Å²) in [7, 11) is 0.489. The van der Waals surface area contributed by atoms with Gasteiger partial charge >= 0.3 is 7.12 Å². The third kappa shape index (κ3) is 4.52. The predicted molar refractivity (Wildman–Crippen MR) is 125 cm³/mol. The molecule has 1 aromatic rings. The summed E-state index contributed by atoms with van der Waals surface area (Å²) in [5, 5.41) is 30.8. The Morgan fingerprint density at radius 2 is 1.97 bits per heavy atom. The Morgan fingerprint density at radius 3 is 2.67 bits per heavy atom. The molecule has 2 fully saturated rings. The average Bonchev–Trinajstić information content (AvgIpc) is 3.02. The van der Waals surface area contributed by atoms with Gasteiger partial charge in [-0.25, -0.2) is 0 Å². The van der Waals surface area contributed by atoms with E-state index >= 15 is 0 Å². The number of fused-ring (bicyclic) bond motifs is 3. The molecule has 2 aliphatic heterocycles. The van der Waals surface area contributed by atoms with E-state index in [0.29, 0.717) is 19.3 Å². The Morgan fingerprint density at radius 1 is 1.21 bits per heavy atom. The number of allylic oxidation sites excluding steroid dienone is 1. The van der Waals surface area contributed by atoms with Crippen molar-refractivity contribution in [1.82, 2.24) is 4.90 Å². The van der Waals surface area contributed by atoms with Crippen LogP contribution in [0.15, 0.2) is 41.0 Å². The SMILES string of the molecule is CCC/C(=C\c1ccccc1O)CC[C@H]1OB(O)C[C@H]2C1=C(CO)C[C@H]1C(=O)N(C)C(=O)[C@H]12. The fourth-order valence-corrected chi connectivity index (χ4v) is 5.80. The predicted octanol–water partition coefficient (Wildman–Crippen LogP) is 2.78. The molecule has 7 nitrogen and oxygen atoms in total. The summed E-state index contributed by atoms with van der Waals surface area (Å²) in [4.78, 5) is 26.7. The molecule has 1 aromatic carbocycles. The molecule has 2 amide bonds. The maximum atomic E-state index is 12.9. The molecular formula is C25H32BNO6. The summed E-state index contributed by atoms with van der Waals surface area (Å²) in [6.07, 6.45) is 5.26. The van der Waals surface area contributed by atoms with Crippen molar-refractivity contribution in [3.05, 3.63) is 46.5 Å². The third-order valence-electron chi connectivity index (χ3n) is 7.31. The van der Waals surface area contributed by atoms with Crippen LogP contribution in [0.4, 0.5) is 0 Å². The molecule has 2 heterocycles. The van der Waals surface area contributed by atoms with E-state index in [0.717, 1.165) is 35.1 Å². The normalized spacial score (nSPS) is 27.8. The van der Waals surface area contributed by atoms with Crippen LogP contribution < -0.4 is 0 Å². The number of aromatic hydroxyl groups is 1. The third-order valence-corrected chi connectivity index (χ3v) is 7.31. The smallest absolute Gasteiger partial charge is 0.455 e. The molecule has 4 rings (SSSR count). The summed E-state index contributed by atoms with van der Waals surface area (Å²) in [6.45, 7) is 1.91. The number of aliphatic hydroxyl groups excluding tert-OH is 1. The van der Waals surface area contributed by atoms with Gasteiger partial charge in [0.25, 0.3) is 0 Å². The lowest BCUT2D eigenvalue weighted by atomic mass is 9.58. The van der Waals surface area contributed by atoms with Crippen LogP contribution in [-0.4, -0.2) is 58.8 Å². The van der Waals surface area contributed by atoms with E-state index in [9.17, 15) is 24.8 Å². The van der Waals surface area contributed by atoms with Crippen molar-refractivity contribution in [1.29, 1.82) is 0 Å². The molecule has 0 bridgehead atoms. The van der Waals surface area contributed by atoms with Crippen molar-refractivity contribution >= 4 is 25.0 Å². The van der Waals surface area contributed by atoms with Gasteiger partial charge in [0.2, 0.25) is 11.8 Å².